The number of anilines is 1. The highest BCUT2D eigenvalue weighted by atomic mass is 32.2. The predicted molar refractivity (Wildman–Crippen MR) is 125 cm³/mol. The fourth-order valence-electron chi connectivity index (χ4n) is 4.53. The molecule has 190 valence electrons. The average molecular weight is 529 g/mol. The smallest absolute Gasteiger partial charge is 0.352 e. The Hall–Kier alpha value is -2.79. The number of hydrogen-bond acceptors (Lipinski definition) is 12. The van der Waals surface area contributed by atoms with Crippen LogP contribution >= 0.6 is 23.3 Å². The van der Waals surface area contributed by atoms with Gasteiger partial charge in [0, 0.05) is 29.3 Å². The number of thioether (sulfide) groups is 1. The Morgan fingerprint density at radius 3 is 2.71 bits per heavy atom. The lowest BCUT2D eigenvalue weighted by molar-refractivity contribution is -0.914. The van der Waals surface area contributed by atoms with Crippen molar-refractivity contribution in [2.75, 3.05) is 45.3 Å². The van der Waals surface area contributed by atoms with Crippen molar-refractivity contribution in [3.05, 3.63) is 17.1 Å². The summed E-state index contributed by atoms with van der Waals surface area (Å²) in [7, 11) is 3.13. The molecule has 2 amide bonds. The highest BCUT2D eigenvalue weighted by Gasteiger charge is 2.55. The van der Waals surface area contributed by atoms with Gasteiger partial charge in [0.1, 0.15) is 43.4 Å². The van der Waals surface area contributed by atoms with Gasteiger partial charge in [-0.15, -0.1) is 11.8 Å². The van der Waals surface area contributed by atoms with Gasteiger partial charge >= 0.3 is 5.97 Å². The molecular formula is C19H26N7O7S2+. The van der Waals surface area contributed by atoms with Gasteiger partial charge in [0.05, 0.1) is 19.7 Å². The summed E-state index contributed by atoms with van der Waals surface area (Å²) in [4.78, 5) is 47.8. The van der Waals surface area contributed by atoms with E-state index >= 15 is 0 Å². The van der Waals surface area contributed by atoms with E-state index in [-0.39, 0.29) is 28.9 Å². The summed E-state index contributed by atoms with van der Waals surface area (Å²) in [6.07, 6.45) is -1.31. The lowest BCUT2D eigenvalue weighted by atomic mass is 9.99. The molecule has 0 spiro atoms. The molecule has 16 heteroatoms. The van der Waals surface area contributed by atoms with Gasteiger partial charge < -0.3 is 35.7 Å². The fourth-order valence-corrected chi connectivity index (χ4v) is 6.30. The zero-order chi connectivity index (χ0) is 25.5. The zero-order valence-electron chi connectivity index (χ0n) is 18.9. The molecule has 2 saturated heterocycles. The number of aliphatic carboxylic acids is 1. The monoisotopic (exact) mass is 528 g/mol. The number of hydrogen-bond donors (Lipinski definition) is 5. The number of likely N-dealkylation sites (tertiary alicyclic amines) is 1. The summed E-state index contributed by atoms with van der Waals surface area (Å²) >= 11 is 2.21. The number of aliphatic hydroxyl groups is 2. The number of nitrogens with two attached hydrogens (primary N) is 1. The largest absolute Gasteiger partial charge is 0.477 e. The van der Waals surface area contributed by atoms with Gasteiger partial charge in [-0.1, -0.05) is 5.16 Å². The summed E-state index contributed by atoms with van der Waals surface area (Å²) < 4.78 is 4.28. The van der Waals surface area contributed by atoms with Crippen molar-refractivity contribution in [2.24, 2.45) is 5.16 Å². The third kappa shape index (κ3) is 4.84. The normalized spacial score (nSPS) is 31.0. The highest BCUT2D eigenvalue weighted by Crippen LogP contribution is 2.41. The molecule has 35 heavy (non-hydrogen) atoms. The molecule has 4 rings (SSSR count). The summed E-state index contributed by atoms with van der Waals surface area (Å²) in [5.41, 5.74) is 5.77. The van der Waals surface area contributed by atoms with E-state index in [9.17, 15) is 29.7 Å². The minimum Gasteiger partial charge on any atom is -0.477 e. The number of likely N-dealkylation sites (N-methyl/N-ethyl adjacent to an activating group) is 1. The summed E-state index contributed by atoms with van der Waals surface area (Å²) in [6, 6.07) is -0.974. The van der Waals surface area contributed by atoms with Crippen LogP contribution in [0, 0.1) is 0 Å². The van der Waals surface area contributed by atoms with E-state index in [1.54, 1.807) is 0 Å². The third-order valence-corrected chi connectivity index (χ3v) is 8.08. The second-order valence-electron chi connectivity index (χ2n) is 8.80. The molecule has 2 fully saturated rings. The number of nitrogens with one attached hydrogen (secondary N) is 1. The maximum Gasteiger partial charge on any atom is 0.352 e. The standard InChI is InChI=1S/C19H25N7O7S2/c1-26(4-3-9(27)10(28)6-26)5-8-7-34-17-12(16(30)25(17)13(8)18(31)32)21-15(29)11(23-33-2)14-22-19(20)35-24-14/h9-10,12,17,27-28H,3-7H2,1-2H3,(H3-,20,21,22,24,29,31,32)/p+1/b23-11-/t9-,10-,12+,17+,26?/m0/s1. The van der Waals surface area contributed by atoms with Crippen molar-refractivity contribution < 1.29 is 39.0 Å². The van der Waals surface area contributed by atoms with Crippen LogP contribution in [-0.2, 0) is 19.2 Å². The number of fused-ring (bicyclic) bond motifs is 1. The van der Waals surface area contributed by atoms with Gasteiger partial charge in [0.15, 0.2) is 5.13 Å². The van der Waals surface area contributed by atoms with Crippen LogP contribution in [0.2, 0.25) is 0 Å². The molecule has 0 radical (unpaired) electrons. The number of nitrogens with zero attached hydrogens (tertiary/aromatic N) is 5. The van der Waals surface area contributed by atoms with E-state index in [4.69, 9.17) is 10.6 Å². The maximum atomic E-state index is 13.0. The first-order valence-corrected chi connectivity index (χ1v) is 12.5. The van der Waals surface area contributed by atoms with Crippen LogP contribution in [0.1, 0.15) is 12.2 Å². The molecule has 14 nitrogen and oxygen atoms in total. The molecule has 5 atom stereocenters. The first kappa shape index (κ1) is 25.3. The SMILES string of the molecule is CO/N=C(\C(=O)N[C@@H]1C(=O)N2C(C(=O)O)=C(C[N+]3(C)CC[C@H](O)[C@@H](O)C3)CS[C@H]12)c1nsc(N)n1. The number of quaternary nitrogens is 1. The second-order valence-corrected chi connectivity index (χ2v) is 10.7. The Labute approximate surface area is 208 Å². The van der Waals surface area contributed by atoms with Crippen LogP contribution in [0.4, 0.5) is 5.13 Å². The number of oxime groups is 1. The number of carboxylic acids is 1. The molecular weight excluding hydrogens is 502 g/mol. The predicted octanol–water partition coefficient (Wildman–Crippen LogP) is -2.22. The number of aliphatic hydroxyl groups excluding tert-OH is 2. The first-order valence-electron chi connectivity index (χ1n) is 10.7. The van der Waals surface area contributed by atoms with Crippen molar-refractivity contribution in [1.82, 2.24) is 19.6 Å². The van der Waals surface area contributed by atoms with E-state index in [0.29, 0.717) is 35.3 Å². The number of amides is 2. The van der Waals surface area contributed by atoms with Gasteiger partial charge in [-0.2, -0.15) is 9.36 Å². The summed E-state index contributed by atoms with van der Waals surface area (Å²) in [6.45, 7) is 1.15. The molecule has 1 aromatic heterocycles. The Morgan fingerprint density at radius 2 is 2.11 bits per heavy atom. The average Bonchev–Trinajstić information content (AvgIpc) is 3.23. The van der Waals surface area contributed by atoms with E-state index in [0.717, 1.165) is 11.5 Å². The van der Waals surface area contributed by atoms with Crippen molar-refractivity contribution in [3.63, 3.8) is 0 Å². The highest BCUT2D eigenvalue weighted by molar-refractivity contribution is 8.00. The minimum atomic E-state index is -1.24. The third-order valence-electron chi connectivity index (χ3n) is 6.20. The van der Waals surface area contributed by atoms with Crippen LogP contribution in [0.3, 0.4) is 0 Å². The van der Waals surface area contributed by atoms with Crippen LogP contribution in [0.25, 0.3) is 0 Å². The molecule has 3 aliphatic heterocycles. The molecule has 0 aliphatic carbocycles. The van der Waals surface area contributed by atoms with Crippen molar-refractivity contribution in [2.45, 2.75) is 30.0 Å². The number of rotatable bonds is 7. The number of piperidine rings is 1. The Kier molecular flexibility index (Phi) is 7.01. The number of carbonyl (C=O) groups is 3. The zero-order valence-corrected chi connectivity index (χ0v) is 20.6. The molecule has 3 aliphatic rings. The van der Waals surface area contributed by atoms with Crippen LogP contribution < -0.4 is 11.1 Å². The van der Waals surface area contributed by atoms with Gasteiger partial charge in [0.2, 0.25) is 11.5 Å². The van der Waals surface area contributed by atoms with E-state index in [1.807, 2.05) is 7.05 Å². The first-order chi connectivity index (χ1) is 16.5. The van der Waals surface area contributed by atoms with Crippen LogP contribution in [-0.4, -0.2) is 121 Å². The molecule has 0 aromatic carbocycles. The number of β-lactam (4-membered cyclic amide) rings is 1. The Balaban J connectivity index is 1.51. The fraction of sp³-hybridized carbons (Fsp3) is 0.579. The number of aromatic nitrogens is 2. The van der Waals surface area contributed by atoms with E-state index in [1.165, 1.54) is 23.8 Å². The van der Waals surface area contributed by atoms with Gasteiger partial charge in [-0.25, -0.2) is 4.79 Å². The van der Waals surface area contributed by atoms with E-state index < -0.39 is 41.4 Å². The van der Waals surface area contributed by atoms with Crippen LogP contribution in [0.15, 0.2) is 16.4 Å². The molecule has 1 aromatic rings. The van der Waals surface area contributed by atoms with Crippen LogP contribution in [0.5, 0.6) is 0 Å². The molecule has 0 bridgehead atoms. The molecule has 0 saturated carbocycles. The summed E-state index contributed by atoms with van der Waals surface area (Å²) in [5, 5.41) is 35.6. The topological polar surface area (TPSA) is 201 Å². The second kappa shape index (κ2) is 9.69. The molecule has 1 unspecified atom stereocenters. The lowest BCUT2D eigenvalue weighted by Gasteiger charge is -2.50. The molecule has 6 N–H and O–H groups in total. The van der Waals surface area contributed by atoms with Crippen molar-refractivity contribution in [3.8, 4) is 0 Å². The number of carboxylic acid groups (broad SMARTS) is 1. The van der Waals surface area contributed by atoms with Crippen molar-refractivity contribution >= 4 is 51.9 Å². The lowest BCUT2D eigenvalue weighted by Crippen LogP contribution is -2.71. The summed E-state index contributed by atoms with van der Waals surface area (Å²) in [5.74, 6) is -2.28. The molecule has 4 heterocycles. The number of nitrogen functional groups attached to an aromatic ring is 1. The Bertz CT molecular complexity index is 1110. The van der Waals surface area contributed by atoms with Gasteiger partial charge in [-0.05, 0) is 0 Å². The Morgan fingerprint density at radius 1 is 1.37 bits per heavy atom. The maximum absolute atomic E-state index is 13.0. The van der Waals surface area contributed by atoms with E-state index in [2.05, 4.69) is 19.8 Å². The minimum absolute atomic E-state index is 0.0500. The van der Waals surface area contributed by atoms with Crippen molar-refractivity contribution in [1.29, 1.82) is 0 Å². The van der Waals surface area contributed by atoms with Gasteiger partial charge in [-0.3, -0.25) is 14.5 Å². The quantitative estimate of drug-likeness (QED) is 0.111. The van der Waals surface area contributed by atoms with Gasteiger partial charge in [0.25, 0.3) is 11.8 Å². The number of carbonyl (C=O) groups excluding carboxylic acids is 2.